The van der Waals surface area contributed by atoms with Gasteiger partial charge >= 0.3 is 11.9 Å². The van der Waals surface area contributed by atoms with Gasteiger partial charge in [0.05, 0.1) is 0 Å². The zero-order chi connectivity index (χ0) is 29.0. The van der Waals surface area contributed by atoms with Gasteiger partial charge in [-0.15, -0.1) is 0 Å². The highest BCUT2D eigenvalue weighted by Gasteiger charge is 2.37. The van der Waals surface area contributed by atoms with Crippen LogP contribution in [0, 0.1) is 27.6 Å². The Morgan fingerprint density at radius 3 is 0.889 bits per heavy atom. The number of carbonyl (C=O) groups is 4. The Kier molecular flexibility index (Phi) is 11.1. The first-order chi connectivity index (χ1) is 15.8. The zero-order valence-electron chi connectivity index (χ0n) is 24.9. The number of hydrogen-bond acceptors (Lipinski definition) is 4. The highest BCUT2D eigenvalue weighted by molar-refractivity contribution is 6.05. The van der Waals surface area contributed by atoms with Crippen LogP contribution in [0.2, 0.25) is 0 Å². The van der Waals surface area contributed by atoms with E-state index in [1.54, 1.807) is 41.5 Å². The van der Waals surface area contributed by atoms with E-state index in [9.17, 15) is 29.4 Å². The van der Waals surface area contributed by atoms with Gasteiger partial charge in [-0.25, -0.2) is 9.59 Å². The lowest BCUT2D eigenvalue weighted by Crippen LogP contribution is -2.29. The van der Waals surface area contributed by atoms with Gasteiger partial charge < -0.3 is 10.2 Å². The number of hydrogen-bond donors (Lipinski definition) is 2. The quantitative estimate of drug-likeness (QED) is 0.302. The van der Waals surface area contributed by atoms with Gasteiger partial charge in [-0.05, 0) is 40.4 Å². The summed E-state index contributed by atoms with van der Waals surface area (Å²) in [6.45, 7) is 23.9. The Labute approximate surface area is 218 Å². The van der Waals surface area contributed by atoms with Gasteiger partial charge in [0.2, 0.25) is 0 Å². The van der Waals surface area contributed by atoms with Crippen LogP contribution >= 0.6 is 0 Å². The number of allylic oxidation sites excluding steroid dienone is 2. The van der Waals surface area contributed by atoms with Gasteiger partial charge in [0.15, 0.2) is 11.6 Å². The van der Waals surface area contributed by atoms with Crippen molar-refractivity contribution in [2.45, 2.75) is 116 Å². The van der Waals surface area contributed by atoms with E-state index < -0.39 is 33.6 Å². The van der Waals surface area contributed by atoms with Crippen molar-refractivity contribution in [3.63, 3.8) is 0 Å². The van der Waals surface area contributed by atoms with Gasteiger partial charge in [-0.2, -0.15) is 0 Å². The normalized spacial score (nSPS) is 14.8. The summed E-state index contributed by atoms with van der Waals surface area (Å²) in [6, 6.07) is 0. The largest absolute Gasteiger partial charge is 0.478 e. The molecule has 0 aliphatic carbocycles. The maximum atomic E-state index is 13.3. The van der Waals surface area contributed by atoms with E-state index in [-0.39, 0.29) is 41.5 Å². The van der Waals surface area contributed by atoms with Crippen LogP contribution in [0.5, 0.6) is 0 Å². The van der Waals surface area contributed by atoms with Gasteiger partial charge in [0, 0.05) is 35.1 Å². The highest BCUT2D eigenvalue weighted by Crippen LogP contribution is 2.40. The zero-order valence-corrected chi connectivity index (χ0v) is 24.9. The highest BCUT2D eigenvalue weighted by atomic mass is 16.4. The van der Waals surface area contributed by atoms with Crippen LogP contribution in [-0.2, 0) is 19.2 Å². The lowest BCUT2D eigenvalue weighted by Gasteiger charge is -2.31. The smallest absolute Gasteiger partial charge is 0.332 e. The first-order valence-corrected chi connectivity index (χ1v) is 12.9. The molecule has 0 spiro atoms. The monoisotopic (exact) mass is 506 g/mol. The molecule has 0 amide bonds. The molecule has 0 aromatic rings. The number of Topliss-reactive ketones (excluding diaryl/α,β-unsaturated/α-hetero) is 2. The predicted octanol–water partition coefficient (Wildman–Crippen LogP) is 7.27. The minimum Gasteiger partial charge on any atom is -0.478 e. The summed E-state index contributed by atoms with van der Waals surface area (Å²) in [6.07, 6.45) is 1.42. The second-order valence-electron chi connectivity index (χ2n) is 14.1. The molecular weight excluding hydrogens is 456 g/mol. The maximum absolute atomic E-state index is 13.3. The summed E-state index contributed by atoms with van der Waals surface area (Å²) in [7, 11) is 0. The predicted molar refractivity (Wildman–Crippen MR) is 145 cm³/mol. The summed E-state index contributed by atoms with van der Waals surface area (Å²) in [5.74, 6) is -2.47. The van der Waals surface area contributed by atoms with Crippen LogP contribution < -0.4 is 0 Å². The number of carboxylic acids is 2. The number of rotatable bonds is 10. The van der Waals surface area contributed by atoms with Crippen LogP contribution in [0.15, 0.2) is 22.3 Å². The fraction of sp³-hybridized carbons (Fsp3) is 0.733. The van der Waals surface area contributed by atoms with Gasteiger partial charge in [0.1, 0.15) is 0 Å². The third-order valence-corrected chi connectivity index (χ3v) is 6.21. The average Bonchev–Trinajstić information content (AvgIpc) is 2.61. The number of carboxylic acid groups (broad SMARTS) is 2. The van der Waals surface area contributed by atoms with E-state index >= 15 is 0 Å². The van der Waals surface area contributed by atoms with Crippen molar-refractivity contribution < 1.29 is 29.4 Å². The van der Waals surface area contributed by atoms with Crippen LogP contribution in [-0.4, -0.2) is 33.7 Å². The molecule has 0 saturated heterocycles. The van der Waals surface area contributed by atoms with Crippen molar-refractivity contribution in [2.24, 2.45) is 27.6 Å². The number of carbonyl (C=O) groups excluding carboxylic acids is 2. The number of aliphatic carboxylic acids is 2. The molecule has 206 valence electrons. The standard InChI is InChI=1S/C30H50O6/c1-18(14-16-19(31)21(27(2,3)4)23(25(33)34)29(8,9)10)15-17-20(32)22(28(5,6)7)24(26(35)36)30(11,12)13/h18H,14-17H2,1-13H3,(H,33,34)(H,35,36)/b23-21-,24-22-. The molecule has 0 aromatic carbocycles. The molecule has 0 fully saturated rings. The van der Waals surface area contributed by atoms with Crippen molar-refractivity contribution in [3.05, 3.63) is 22.3 Å². The van der Waals surface area contributed by atoms with E-state index in [4.69, 9.17) is 0 Å². The molecule has 0 heterocycles. The Balaban J connectivity index is 5.82. The minimum absolute atomic E-state index is 0.0335. The molecule has 0 atom stereocenters. The van der Waals surface area contributed by atoms with Crippen molar-refractivity contribution in [1.82, 2.24) is 0 Å². The third-order valence-electron chi connectivity index (χ3n) is 6.21. The molecular formula is C30H50O6. The van der Waals surface area contributed by atoms with Gasteiger partial charge in [-0.3, -0.25) is 9.59 Å². The van der Waals surface area contributed by atoms with Crippen LogP contribution in [0.4, 0.5) is 0 Å². The molecule has 0 bridgehead atoms. The van der Waals surface area contributed by atoms with Crippen molar-refractivity contribution in [3.8, 4) is 0 Å². The SMILES string of the molecule is CC(CCC(=O)/C(=C(\C(=O)O)C(C)(C)C)C(C)(C)C)CCC(=O)/C(=C(\C(=O)O)C(C)(C)C)C(C)(C)C. The van der Waals surface area contributed by atoms with E-state index in [0.717, 1.165) is 0 Å². The molecule has 0 saturated carbocycles. The van der Waals surface area contributed by atoms with Gasteiger partial charge in [-0.1, -0.05) is 90.0 Å². The summed E-state index contributed by atoms with van der Waals surface area (Å²) in [4.78, 5) is 50.7. The molecule has 6 heteroatoms. The summed E-state index contributed by atoms with van der Waals surface area (Å²) >= 11 is 0. The Morgan fingerprint density at radius 1 is 0.500 bits per heavy atom. The van der Waals surface area contributed by atoms with Crippen molar-refractivity contribution >= 4 is 23.5 Å². The lowest BCUT2D eigenvalue weighted by atomic mass is 9.72. The van der Waals surface area contributed by atoms with Crippen LogP contribution in [0.3, 0.4) is 0 Å². The minimum atomic E-state index is -1.07. The Bertz CT molecular complexity index is 842. The molecule has 0 rings (SSSR count). The summed E-state index contributed by atoms with van der Waals surface area (Å²) in [5.41, 5.74) is -1.63. The Morgan fingerprint density at radius 2 is 0.722 bits per heavy atom. The van der Waals surface area contributed by atoms with Crippen LogP contribution in [0.1, 0.15) is 116 Å². The molecule has 0 aromatic heterocycles. The van der Waals surface area contributed by atoms with Crippen LogP contribution in [0.25, 0.3) is 0 Å². The summed E-state index contributed by atoms with van der Waals surface area (Å²) in [5, 5.41) is 19.8. The van der Waals surface area contributed by atoms with E-state index in [1.165, 1.54) is 0 Å². The van der Waals surface area contributed by atoms with E-state index in [2.05, 4.69) is 0 Å². The second kappa shape index (κ2) is 11.9. The maximum Gasteiger partial charge on any atom is 0.332 e. The first-order valence-electron chi connectivity index (χ1n) is 12.9. The molecule has 0 aliphatic heterocycles. The number of ketones is 2. The molecule has 0 unspecified atom stereocenters. The molecule has 2 N–H and O–H groups in total. The van der Waals surface area contributed by atoms with E-state index in [0.29, 0.717) is 24.0 Å². The van der Waals surface area contributed by atoms with Gasteiger partial charge in [0.25, 0.3) is 0 Å². The first kappa shape index (κ1) is 33.8. The molecule has 36 heavy (non-hydrogen) atoms. The van der Waals surface area contributed by atoms with E-state index in [1.807, 2.05) is 48.5 Å². The molecule has 0 radical (unpaired) electrons. The molecule has 6 nitrogen and oxygen atoms in total. The topological polar surface area (TPSA) is 109 Å². The third kappa shape index (κ3) is 9.67. The average molecular weight is 507 g/mol. The fourth-order valence-corrected chi connectivity index (χ4v) is 4.62. The second-order valence-corrected chi connectivity index (χ2v) is 14.1. The lowest BCUT2D eigenvalue weighted by molar-refractivity contribution is -0.135. The molecule has 0 aliphatic rings. The Hall–Kier alpha value is -2.24. The summed E-state index contributed by atoms with van der Waals surface area (Å²) < 4.78 is 0. The van der Waals surface area contributed by atoms with Crippen molar-refractivity contribution in [1.29, 1.82) is 0 Å². The van der Waals surface area contributed by atoms with Crippen molar-refractivity contribution in [2.75, 3.05) is 0 Å². The fourth-order valence-electron chi connectivity index (χ4n) is 4.62.